The van der Waals surface area contributed by atoms with E-state index in [0.717, 1.165) is 12.1 Å². The van der Waals surface area contributed by atoms with E-state index in [1.54, 1.807) is 4.90 Å². The molecule has 2 amide bonds. The molecule has 0 radical (unpaired) electrons. The number of anilines is 1. The number of hydrogen-bond donors (Lipinski definition) is 1. The van der Waals surface area contributed by atoms with Crippen LogP contribution in [0.25, 0.3) is 0 Å². The van der Waals surface area contributed by atoms with Gasteiger partial charge in [0.2, 0.25) is 11.8 Å². The number of benzene rings is 1. The lowest BCUT2D eigenvalue weighted by Crippen LogP contribution is -2.44. The SMILES string of the molecule is CCC(C(=O)Nc1ccc(C(C)C)cc1)N1CCCC1=O. The molecule has 1 aromatic rings. The van der Waals surface area contributed by atoms with Gasteiger partial charge < -0.3 is 10.2 Å². The second-order valence-electron chi connectivity index (χ2n) is 5.88. The molecule has 1 atom stereocenters. The topological polar surface area (TPSA) is 49.4 Å². The van der Waals surface area contributed by atoms with E-state index in [0.29, 0.717) is 25.3 Å². The van der Waals surface area contributed by atoms with Crippen LogP contribution in [-0.4, -0.2) is 29.3 Å². The summed E-state index contributed by atoms with van der Waals surface area (Å²) in [4.78, 5) is 25.9. The Morgan fingerprint density at radius 1 is 1.29 bits per heavy atom. The average molecular weight is 288 g/mol. The van der Waals surface area contributed by atoms with Crippen LogP contribution in [0.4, 0.5) is 5.69 Å². The maximum absolute atomic E-state index is 12.4. The quantitative estimate of drug-likeness (QED) is 0.905. The highest BCUT2D eigenvalue weighted by molar-refractivity contribution is 5.97. The fraction of sp³-hybridized carbons (Fsp3) is 0.529. The smallest absolute Gasteiger partial charge is 0.247 e. The number of carbonyl (C=O) groups is 2. The summed E-state index contributed by atoms with van der Waals surface area (Å²) in [6.07, 6.45) is 2.06. The zero-order valence-electron chi connectivity index (χ0n) is 13.1. The van der Waals surface area contributed by atoms with Crippen LogP contribution >= 0.6 is 0 Å². The highest BCUT2D eigenvalue weighted by Crippen LogP contribution is 2.20. The summed E-state index contributed by atoms with van der Waals surface area (Å²) >= 11 is 0. The van der Waals surface area contributed by atoms with Gasteiger partial charge >= 0.3 is 0 Å². The van der Waals surface area contributed by atoms with Gasteiger partial charge in [0, 0.05) is 18.7 Å². The lowest BCUT2D eigenvalue weighted by atomic mass is 10.0. The monoisotopic (exact) mass is 288 g/mol. The zero-order chi connectivity index (χ0) is 15.4. The molecule has 4 nitrogen and oxygen atoms in total. The van der Waals surface area contributed by atoms with Crippen LogP contribution in [0.1, 0.15) is 51.5 Å². The zero-order valence-corrected chi connectivity index (χ0v) is 13.1. The second-order valence-corrected chi connectivity index (χ2v) is 5.88. The fourth-order valence-corrected chi connectivity index (χ4v) is 2.72. The van der Waals surface area contributed by atoms with Crippen molar-refractivity contribution < 1.29 is 9.59 Å². The van der Waals surface area contributed by atoms with Gasteiger partial charge in [-0.2, -0.15) is 0 Å². The molecule has 1 unspecified atom stereocenters. The van der Waals surface area contributed by atoms with Crippen molar-refractivity contribution in [2.45, 2.75) is 52.0 Å². The van der Waals surface area contributed by atoms with Crippen molar-refractivity contribution in [2.75, 3.05) is 11.9 Å². The average Bonchev–Trinajstić information content (AvgIpc) is 2.86. The van der Waals surface area contributed by atoms with Crippen molar-refractivity contribution in [3.8, 4) is 0 Å². The molecular formula is C17H24N2O2. The lowest BCUT2D eigenvalue weighted by Gasteiger charge is -2.25. The first kappa shape index (κ1) is 15.5. The number of amides is 2. The standard InChI is InChI=1S/C17H24N2O2/c1-4-15(19-11-5-6-16(19)20)17(21)18-14-9-7-13(8-10-14)12(2)3/h7-10,12,15H,4-6,11H2,1-3H3,(H,18,21). The molecule has 1 heterocycles. The molecule has 1 aromatic carbocycles. The molecule has 2 rings (SSSR count). The van der Waals surface area contributed by atoms with E-state index >= 15 is 0 Å². The van der Waals surface area contributed by atoms with E-state index in [4.69, 9.17) is 0 Å². The Labute approximate surface area is 126 Å². The van der Waals surface area contributed by atoms with Crippen molar-refractivity contribution in [1.82, 2.24) is 4.90 Å². The summed E-state index contributed by atoms with van der Waals surface area (Å²) in [6, 6.07) is 7.55. The van der Waals surface area contributed by atoms with Crippen molar-refractivity contribution in [3.63, 3.8) is 0 Å². The first-order valence-corrected chi connectivity index (χ1v) is 7.73. The summed E-state index contributed by atoms with van der Waals surface area (Å²) in [7, 11) is 0. The normalized spacial score (nSPS) is 16.4. The van der Waals surface area contributed by atoms with E-state index in [1.165, 1.54) is 5.56 Å². The third-order valence-corrected chi connectivity index (χ3v) is 4.02. The van der Waals surface area contributed by atoms with Gasteiger partial charge in [-0.1, -0.05) is 32.9 Å². The van der Waals surface area contributed by atoms with Crippen LogP contribution < -0.4 is 5.32 Å². The van der Waals surface area contributed by atoms with E-state index in [2.05, 4.69) is 19.2 Å². The van der Waals surface area contributed by atoms with E-state index in [-0.39, 0.29) is 17.9 Å². The van der Waals surface area contributed by atoms with Gasteiger partial charge in [0.25, 0.3) is 0 Å². The predicted octanol–water partition coefficient (Wildman–Crippen LogP) is 3.15. The highest BCUT2D eigenvalue weighted by atomic mass is 16.2. The Morgan fingerprint density at radius 3 is 2.43 bits per heavy atom. The number of carbonyl (C=O) groups excluding carboxylic acids is 2. The molecule has 1 saturated heterocycles. The van der Waals surface area contributed by atoms with Gasteiger partial charge in [0.15, 0.2) is 0 Å². The van der Waals surface area contributed by atoms with Crippen LogP contribution in [0.5, 0.6) is 0 Å². The molecule has 0 aliphatic carbocycles. The Bertz CT molecular complexity index is 508. The van der Waals surface area contributed by atoms with Crippen LogP contribution in [-0.2, 0) is 9.59 Å². The molecule has 0 saturated carbocycles. The maximum Gasteiger partial charge on any atom is 0.247 e. The predicted molar refractivity (Wildman–Crippen MR) is 84.2 cm³/mol. The van der Waals surface area contributed by atoms with E-state index < -0.39 is 0 Å². The van der Waals surface area contributed by atoms with Gasteiger partial charge in [-0.05, 0) is 36.5 Å². The molecule has 21 heavy (non-hydrogen) atoms. The third-order valence-electron chi connectivity index (χ3n) is 4.02. The first-order valence-electron chi connectivity index (χ1n) is 7.73. The highest BCUT2D eigenvalue weighted by Gasteiger charge is 2.31. The van der Waals surface area contributed by atoms with Crippen molar-refractivity contribution in [2.24, 2.45) is 0 Å². The number of likely N-dealkylation sites (tertiary alicyclic amines) is 1. The minimum atomic E-state index is -0.357. The lowest BCUT2D eigenvalue weighted by molar-refractivity contribution is -0.135. The molecule has 0 aromatic heterocycles. The summed E-state index contributed by atoms with van der Waals surface area (Å²) in [5.41, 5.74) is 2.03. The Balaban J connectivity index is 2.03. The Morgan fingerprint density at radius 2 is 1.95 bits per heavy atom. The van der Waals surface area contributed by atoms with Crippen LogP contribution in [0.15, 0.2) is 24.3 Å². The number of hydrogen-bond acceptors (Lipinski definition) is 2. The molecule has 1 N–H and O–H groups in total. The Hall–Kier alpha value is -1.84. The molecule has 1 aliphatic heterocycles. The van der Waals surface area contributed by atoms with Crippen molar-refractivity contribution >= 4 is 17.5 Å². The van der Waals surface area contributed by atoms with Crippen LogP contribution in [0.3, 0.4) is 0 Å². The molecule has 0 bridgehead atoms. The minimum Gasteiger partial charge on any atom is -0.331 e. The van der Waals surface area contributed by atoms with Crippen LogP contribution in [0, 0.1) is 0 Å². The van der Waals surface area contributed by atoms with Crippen molar-refractivity contribution in [1.29, 1.82) is 0 Å². The number of nitrogens with zero attached hydrogens (tertiary/aromatic N) is 1. The largest absolute Gasteiger partial charge is 0.331 e. The molecule has 114 valence electrons. The van der Waals surface area contributed by atoms with E-state index in [9.17, 15) is 9.59 Å². The molecular weight excluding hydrogens is 264 g/mol. The first-order chi connectivity index (χ1) is 10.0. The maximum atomic E-state index is 12.4. The number of nitrogens with one attached hydrogen (secondary N) is 1. The minimum absolute atomic E-state index is 0.0900. The van der Waals surface area contributed by atoms with Gasteiger partial charge in [0.05, 0.1) is 0 Å². The van der Waals surface area contributed by atoms with Gasteiger partial charge in [0.1, 0.15) is 6.04 Å². The molecule has 1 fully saturated rings. The number of rotatable bonds is 5. The Kier molecular flexibility index (Phi) is 4.99. The summed E-state index contributed by atoms with van der Waals surface area (Å²) in [5, 5.41) is 2.92. The molecule has 0 spiro atoms. The molecule has 1 aliphatic rings. The molecule has 4 heteroatoms. The summed E-state index contributed by atoms with van der Waals surface area (Å²) in [6.45, 7) is 6.91. The fourth-order valence-electron chi connectivity index (χ4n) is 2.72. The van der Waals surface area contributed by atoms with Crippen molar-refractivity contribution in [3.05, 3.63) is 29.8 Å². The van der Waals surface area contributed by atoms with Gasteiger partial charge in [-0.15, -0.1) is 0 Å². The second kappa shape index (κ2) is 6.74. The summed E-state index contributed by atoms with van der Waals surface area (Å²) < 4.78 is 0. The third kappa shape index (κ3) is 3.63. The van der Waals surface area contributed by atoms with E-state index in [1.807, 2.05) is 31.2 Å². The van der Waals surface area contributed by atoms with Crippen LogP contribution in [0.2, 0.25) is 0 Å². The summed E-state index contributed by atoms with van der Waals surface area (Å²) in [5.74, 6) is 0.470. The van der Waals surface area contributed by atoms with Gasteiger partial charge in [-0.3, -0.25) is 9.59 Å². The van der Waals surface area contributed by atoms with Gasteiger partial charge in [-0.25, -0.2) is 0 Å².